The third-order valence-electron chi connectivity index (χ3n) is 3.67. The summed E-state index contributed by atoms with van der Waals surface area (Å²) in [5.74, 6) is 0.778. The molecule has 0 saturated carbocycles. The topological polar surface area (TPSA) is 104 Å². The summed E-state index contributed by atoms with van der Waals surface area (Å²) in [6, 6.07) is -0.141. The van der Waals surface area contributed by atoms with Gasteiger partial charge >= 0.3 is 5.69 Å². The maximum atomic E-state index is 11.3. The van der Waals surface area contributed by atoms with E-state index in [1.54, 1.807) is 0 Å². The molecule has 0 aliphatic carbocycles. The Hall–Kier alpha value is -1.96. The standard InChI is InChI=1S/C12H19N5O3/c1-3-13-11-10(17(19)20)12(15-7-14-11)16-5-4-8(2)9(16)6-18/h7-9,18H,3-6H2,1-2H3,(H,13,14,15). The predicted molar refractivity (Wildman–Crippen MR) is 74.9 cm³/mol. The highest BCUT2D eigenvalue weighted by molar-refractivity contribution is 5.70. The first-order chi connectivity index (χ1) is 9.60. The number of hydrogen-bond donors (Lipinski definition) is 2. The molecule has 2 heterocycles. The molecule has 2 rings (SSSR count). The summed E-state index contributed by atoms with van der Waals surface area (Å²) in [5.41, 5.74) is -0.123. The van der Waals surface area contributed by atoms with Crippen LogP contribution in [0.1, 0.15) is 20.3 Å². The van der Waals surface area contributed by atoms with Crippen LogP contribution in [0.3, 0.4) is 0 Å². The molecule has 0 amide bonds. The van der Waals surface area contributed by atoms with E-state index >= 15 is 0 Å². The molecule has 0 aromatic carbocycles. The second-order valence-corrected chi connectivity index (χ2v) is 4.89. The van der Waals surface area contributed by atoms with Crippen molar-refractivity contribution in [2.75, 3.05) is 29.9 Å². The van der Waals surface area contributed by atoms with Gasteiger partial charge in [0.25, 0.3) is 0 Å². The minimum absolute atomic E-state index is 0.0428. The smallest absolute Gasteiger partial charge is 0.353 e. The van der Waals surface area contributed by atoms with Gasteiger partial charge in [0.1, 0.15) is 6.33 Å². The molecule has 0 spiro atoms. The van der Waals surface area contributed by atoms with Gasteiger partial charge in [-0.3, -0.25) is 10.1 Å². The van der Waals surface area contributed by atoms with E-state index in [1.807, 2.05) is 18.7 Å². The molecule has 1 saturated heterocycles. The Morgan fingerprint density at radius 3 is 2.95 bits per heavy atom. The zero-order valence-electron chi connectivity index (χ0n) is 11.6. The molecule has 1 fully saturated rings. The highest BCUT2D eigenvalue weighted by Crippen LogP contribution is 2.37. The molecule has 8 nitrogen and oxygen atoms in total. The molecule has 1 aromatic rings. The minimum atomic E-state index is -0.468. The maximum Gasteiger partial charge on any atom is 0.353 e. The van der Waals surface area contributed by atoms with Crippen LogP contribution in [-0.2, 0) is 0 Å². The zero-order valence-corrected chi connectivity index (χ0v) is 11.6. The number of nitrogens with zero attached hydrogens (tertiary/aromatic N) is 4. The van der Waals surface area contributed by atoms with Gasteiger partial charge in [-0.2, -0.15) is 0 Å². The third kappa shape index (κ3) is 2.51. The van der Waals surface area contributed by atoms with Crippen molar-refractivity contribution < 1.29 is 10.0 Å². The number of anilines is 2. The van der Waals surface area contributed by atoms with Gasteiger partial charge in [-0.05, 0) is 19.3 Å². The number of aliphatic hydroxyl groups is 1. The number of aromatic nitrogens is 2. The second-order valence-electron chi connectivity index (χ2n) is 4.89. The Balaban J connectivity index is 2.45. The molecule has 2 unspecified atom stereocenters. The molecule has 2 atom stereocenters. The van der Waals surface area contributed by atoms with E-state index < -0.39 is 4.92 Å². The van der Waals surface area contributed by atoms with Crippen LogP contribution in [-0.4, -0.2) is 45.7 Å². The Bertz CT molecular complexity index is 496. The monoisotopic (exact) mass is 281 g/mol. The van der Waals surface area contributed by atoms with Gasteiger partial charge < -0.3 is 15.3 Å². The van der Waals surface area contributed by atoms with Crippen LogP contribution >= 0.6 is 0 Å². The van der Waals surface area contributed by atoms with E-state index in [0.29, 0.717) is 13.1 Å². The number of nitro groups is 1. The molecule has 0 radical (unpaired) electrons. The first-order valence-electron chi connectivity index (χ1n) is 6.70. The van der Waals surface area contributed by atoms with Crippen molar-refractivity contribution in [3.05, 3.63) is 16.4 Å². The van der Waals surface area contributed by atoms with Gasteiger partial charge in [0, 0.05) is 13.1 Å². The average molecular weight is 281 g/mol. The SMILES string of the molecule is CCNc1ncnc(N2CCC(C)C2CO)c1[N+](=O)[O-]. The van der Waals surface area contributed by atoms with Gasteiger partial charge in [0.2, 0.25) is 11.6 Å². The number of rotatable bonds is 5. The summed E-state index contributed by atoms with van der Waals surface area (Å²) in [7, 11) is 0. The first kappa shape index (κ1) is 14.4. The lowest BCUT2D eigenvalue weighted by molar-refractivity contribution is -0.383. The fraction of sp³-hybridized carbons (Fsp3) is 0.667. The highest BCUT2D eigenvalue weighted by atomic mass is 16.6. The van der Waals surface area contributed by atoms with Gasteiger partial charge in [0.15, 0.2) is 0 Å². The van der Waals surface area contributed by atoms with Crippen molar-refractivity contribution >= 4 is 17.3 Å². The maximum absolute atomic E-state index is 11.3. The molecule has 8 heteroatoms. The highest BCUT2D eigenvalue weighted by Gasteiger charge is 2.36. The molecule has 2 N–H and O–H groups in total. The van der Waals surface area contributed by atoms with E-state index in [1.165, 1.54) is 6.33 Å². The van der Waals surface area contributed by atoms with Crippen molar-refractivity contribution in [1.29, 1.82) is 0 Å². The molecule has 1 aliphatic heterocycles. The van der Waals surface area contributed by atoms with E-state index in [0.717, 1.165) is 6.42 Å². The van der Waals surface area contributed by atoms with Gasteiger partial charge in [-0.1, -0.05) is 6.92 Å². The Labute approximate surface area is 117 Å². The number of nitrogens with one attached hydrogen (secondary N) is 1. The van der Waals surface area contributed by atoms with Gasteiger partial charge in [-0.15, -0.1) is 0 Å². The normalized spacial score (nSPS) is 22.1. The molecule has 1 aliphatic rings. The third-order valence-corrected chi connectivity index (χ3v) is 3.67. The van der Waals surface area contributed by atoms with E-state index in [4.69, 9.17) is 0 Å². The van der Waals surface area contributed by atoms with Crippen LogP contribution in [0.15, 0.2) is 6.33 Å². The number of hydrogen-bond acceptors (Lipinski definition) is 7. The van der Waals surface area contributed by atoms with Gasteiger partial charge in [-0.25, -0.2) is 9.97 Å². The molecular formula is C12H19N5O3. The molecule has 1 aromatic heterocycles. The van der Waals surface area contributed by atoms with Crippen molar-refractivity contribution in [2.24, 2.45) is 5.92 Å². The Morgan fingerprint density at radius 2 is 2.35 bits per heavy atom. The van der Waals surface area contributed by atoms with Crippen molar-refractivity contribution in [3.63, 3.8) is 0 Å². The van der Waals surface area contributed by atoms with Crippen molar-refractivity contribution in [1.82, 2.24) is 9.97 Å². The summed E-state index contributed by atoms with van der Waals surface area (Å²) in [4.78, 5) is 20.7. The van der Waals surface area contributed by atoms with Gasteiger partial charge in [0.05, 0.1) is 17.6 Å². The lowest BCUT2D eigenvalue weighted by Gasteiger charge is -2.26. The summed E-state index contributed by atoms with van der Waals surface area (Å²) < 4.78 is 0. The van der Waals surface area contributed by atoms with E-state index in [2.05, 4.69) is 15.3 Å². The van der Waals surface area contributed by atoms with Crippen LogP contribution in [0.5, 0.6) is 0 Å². The fourth-order valence-electron chi connectivity index (χ4n) is 2.59. The van der Waals surface area contributed by atoms with Crippen LogP contribution in [0.4, 0.5) is 17.3 Å². The Kier molecular flexibility index (Phi) is 4.33. The van der Waals surface area contributed by atoms with Crippen LogP contribution < -0.4 is 10.2 Å². The molecular weight excluding hydrogens is 262 g/mol. The molecule has 20 heavy (non-hydrogen) atoms. The average Bonchev–Trinajstić information content (AvgIpc) is 2.79. The predicted octanol–water partition coefficient (Wildman–Crippen LogP) is 1.02. The zero-order chi connectivity index (χ0) is 14.7. The summed E-state index contributed by atoms with van der Waals surface area (Å²) in [5, 5.41) is 23.7. The fourth-order valence-corrected chi connectivity index (χ4v) is 2.59. The lowest BCUT2D eigenvalue weighted by Crippen LogP contribution is -2.36. The van der Waals surface area contributed by atoms with Crippen LogP contribution in [0.2, 0.25) is 0 Å². The van der Waals surface area contributed by atoms with E-state index in [-0.39, 0.29) is 35.9 Å². The molecule has 0 bridgehead atoms. The van der Waals surface area contributed by atoms with E-state index in [9.17, 15) is 15.2 Å². The van der Waals surface area contributed by atoms with Crippen LogP contribution in [0.25, 0.3) is 0 Å². The molecule has 110 valence electrons. The number of aliphatic hydroxyl groups excluding tert-OH is 1. The second kappa shape index (κ2) is 6.00. The lowest BCUT2D eigenvalue weighted by atomic mass is 10.0. The quantitative estimate of drug-likeness (QED) is 0.613. The summed E-state index contributed by atoms with van der Waals surface area (Å²) in [6.45, 7) is 5.02. The van der Waals surface area contributed by atoms with Crippen LogP contribution in [0, 0.1) is 16.0 Å². The Morgan fingerprint density at radius 1 is 1.60 bits per heavy atom. The summed E-state index contributed by atoms with van der Waals surface area (Å²) in [6.07, 6.45) is 2.20. The minimum Gasteiger partial charge on any atom is -0.394 e. The summed E-state index contributed by atoms with van der Waals surface area (Å²) >= 11 is 0. The van der Waals surface area contributed by atoms with Crippen molar-refractivity contribution in [3.8, 4) is 0 Å². The first-order valence-corrected chi connectivity index (χ1v) is 6.70. The van der Waals surface area contributed by atoms with Crippen molar-refractivity contribution in [2.45, 2.75) is 26.3 Å². The largest absolute Gasteiger partial charge is 0.394 e.